The van der Waals surface area contributed by atoms with Crippen molar-refractivity contribution in [1.29, 1.82) is 0 Å². The molecule has 1 saturated carbocycles. The van der Waals surface area contributed by atoms with Crippen LogP contribution in [0.5, 0.6) is 0 Å². The Hall–Kier alpha value is -1.56. The minimum Gasteiger partial charge on any atom is -0.478 e. The van der Waals surface area contributed by atoms with E-state index in [-0.39, 0.29) is 11.6 Å². The fourth-order valence-corrected chi connectivity index (χ4v) is 2.05. The molecule has 1 aromatic heterocycles. The van der Waals surface area contributed by atoms with E-state index in [1.165, 1.54) is 30.2 Å². The molecule has 1 aromatic rings. The SMILES string of the molecule is O=C(NCC1CC1)Nc1sccc1C(=O)O. The maximum Gasteiger partial charge on any atom is 0.338 e. The van der Waals surface area contributed by atoms with E-state index < -0.39 is 5.97 Å². The molecule has 0 spiro atoms. The molecule has 1 heterocycles. The van der Waals surface area contributed by atoms with Crippen LogP contribution in [0.2, 0.25) is 0 Å². The largest absolute Gasteiger partial charge is 0.478 e. The lowest BCUT2D eigenvalue weighted by Crippen LogP contribution is -2.30. The minimum absolute atomic E-state index is 0.131. The van der Waals surface area contributed by atoms with Crippen LogP contribution in [-0.2, 0) is 0 Å². The van der Waals surface area contributed by atoms with E-state index in [0.29, 0.717) is 17.5 Å². The maximum absolute atomic E-state index is 11.4. The molecule has 6 heteroatoms. The molecule has 3 N–H and O–H groups in total. The van der Waals surface area contributed by atoms with Crippen molar-refractivity contribution >= 4 is 28.3 Å². The molecular formula is C10H12N2O3S. The van der Waals surface area contributed by atoms with Gasteiger partial charge in [-0.1, -0.05) is 0 Å². The van der Waals surface area contributed by atoms with Gasteiger partial charge in [-0.15, -0.1) is 11.3 Å². The molecule has 0 radical (unpaired) electrons. The number of carbonyl (C=O) groups excluding carboxylic acids is 1. The van der Waals surface area contributed by atoms with Crippen LogP contribution in [-0.4, -0.2) is 23.7 Å². The molecule has 0 saturated heterocycles. The van der Waals surface area contributed by atoms with Crippen LogP contribution in [0, 0.1) is 5.92 Å². The summed E-state index contributed by atoms with van der Waals surface area (Å²) < 4.78 is 0. The normalized spacial score (nSPS) is 14.5. The molecule has 1 aliphatic rings. The summed E-state index contributed by atoms with van der Waals surface area (Å²) in [6, 6.07) is 1.14. The van der Waals surface area contributed by atoms with Crippen LogP contribution in [0.3, 0.4) is 0 Å². The Morgan fingerprint density at radius 2 is 2.25 bits per heavy atom. The van der Waals surface area contributed by atoms with Crippen molar-refractivity contribution in [2.45, 2.75) is 12.8 Å². The molecule has 16 heavy (non-hydrogen) atoms. The van der Waals surface area contributed by atoms with E-state index in [2.05, 4.69) is 10.6 Å². The lowest BCUT2D eigenvalue weighted by atomic mass is 10.3. The highest BCUT2D eigenvalue weighted by Gasteiger charge is 2.22. The average molecular weight is 240 g/mol. The molecule has 1 aliphatic carbocycles. The molecule has 2 amide bonds. The molecule has 0 atom stereocenters. The summed E-state index contributed by atoms with van der Waals surface area (Å²) in [5.74, 6) is -0.424. The predicted molar refractivity (Wildman–Crippen MR) is 61.0 cm³/mol. The molecule has 86 valence electrons. The van der Waals surface area contributed by atoms with E-state index in [1.54, 1.807) is 5.38 Å². The van der Waals surface area contributed by atoms with E-state index in [1.807, 2.05) is 0 Å². The Kier molecular flexibility index (Phi) is 3.09. The predicted octanol–water partition coefficient (Wildman–Crippen LogP) is 1.98. The van der Waals surface area contributed by atoms with Gasteiger partial charge in [-0.2, -0.15) is 0 Å². The third-order valence-electron chi connectivity index (χ3n) is 2.37. The van der Waals surface area contributed by atoms with E-state index in [0.717, 1.165) is 0 Å². The van der Waals surface area contributed by atoms with Crippen molar-refractivity contribution in [2.24, 2.45) is 5.92 Å². The third-order valence-corrected chi connectivity index (χ3v) is 3.20. The Morgan fingerprint density at radius 3 is 2.88 bits per heavy atom. The summed E-state index contributed by atoms with van der Waals surface area (Å²) in [4.78, 5) is 22.2. The Balaban J connectivity index is 1.89. The first-order chi connectivity index (χ1) is 7.66. The number of amides is 2. The third kappa shape index (κ3) is 2.73. The van der Waals surface area contributed by atoms with Crippen LogP contribution in [0.1, 0.15) is 23.2 Å². The molecular weight excluding hydrogens is 228 g/mol. The molecule has 0 unspecified atom stereocenters. The number of aromatic carboxylic acids is 1. The summed E-state index contributed by atoms with van der Waals surface area (Å²) in [6.07, 6.45) is 2.33. The van der Waals surface area contributed by atoms with Gasteiger partial charge in [0.2, 0.25) is 0 Å². The number of carboxylic acid groups (broad SMARTS) is 1. The number of urea groups is 1. The van der Waals surface area contributed by atoms with Gasteiger partial charge in [0.25, 0.3) is 0 Å². The lowest BCUT2D eigenvalue weighted by molar-refractivity contribution is 0.0698. The van der Waals surface area contributed by atoms with Crippen LogP contribution in [0.4, 0.5) is 9.80 Å². The second-order valence-corrected chi connectivity index (χ2v) is 4.66. The topological polar surface area (TPSA) is 78.4 Å². The van der Waals surface area contributed by atoms with Crippen LogP contribution in [0.25, 0.3) is 0 Å². The summed E-state index contributed by atoms with van der Waals surface area (Å²) >= 11 is 1.20. The number of anilines is 1. The van der Waals surface area contributed by atoms with Crippen molar-refractivity contribution in [3.8, 4) is 0 Å². The summed E-state index contributed by atoms with van der Waals surface area (Å²) in [6.45, 7) is 0.666. The first-order valence-electron chi connectivity index (χ1n) is 5.02. The van der Waals surface area contributed by atoms with Gasteiger partial charge in [0.1, 0.15) is 5.00 Å². The van der Waals surface area contributed by atoms with Gasteiger partial charge in [0.05, 0.1) is 5.56 Å². The molecule has 0 aromatic carbocycles. The monoisotopic (exact) mass is 240 g/mol. The summed E-state index contributed by atoms with van der Waals surface area (Å²) in [7, 11) is 0. The van der Waals surface area contributed by atoms with E-state index in [4.69, 9.17) is 5.11 Å². The fraction of sp³-hybridized carbons (Fsp3) is 0.400. The van der Waals surface area contributed by atoms with Gasteiger partial charge in [0, 0.05) is 6.54 Å². The fourth-order valence-electron chi connectivity index (χ4n) is 1.28. The Bertz CT molecular complexity index is 412. The first-order valence-corrected chi connectivity index (χ1v) is 5.90. The van der Waals surface area contributed by atoms with Crippen molar-refractivity contribution < 1.29 is 14.7 Å². The van der Waals surface area contributed by atoms with Gasteiger partial charge in [-0.05, 0) is 30.2 Å². The van der Waals surface area contributed by atoms with Crippen molar-refractivity contribution in [3.05, 3.63) is 17.0 Å². The van der Waals surface area contributed by atoms with Crippen LogP contribution >= 0.6 is 11.3 Å². The number of hydrogen-bond acceptors (Lipinski definition) is 3. The van der Waals surface area contributed by atoms with Gasteiger partial charge in [-0.3, -0.25) is 5.32 Å². The van der Waals surface area contributed by atoms with Gasteiger partial charge in [-0.25, -0.2) is 9.59 Å². The van der Waals surface area contributed by atoms with Crippen molar-refractivity contribution in [1.82, 2.24) is 5.32 Å². The average Bonchev–Trinajstić information content (AvgIpc) is 2.95. The second kappa shape index (κ2) is 4.52. The zero-order valence-electron chi connectivity index (χ0n) is 8.53. The van der Waals surface area contributed by atoms with Crippen LogP contribution in [0.15, 0.2) is 11.4 Å². The first kappa shape index (κ1) is 10.9. The molecule has 0 aliphatic heterocycles. The lowest BCUT2D eigenvalue weighted by Gasteiger charge is -2.05. The quantitative estimate of drug-likeness (QED) is 0.753. The van der Waals surface area contributed by atoms with Gasteiger partial charge >= 0.3 is 12.0 Å². The number of thiophene rings is 1. The Labute approximate surface area is 96.5 Å². The number of nitrogens with one attached hydrogen (secondary N) is 2. The second-order valence-electron chi connectivity index (χ2n) is 3.75. The van der Waals surface area contributed by atoms with Gasteiger partial charge in [0.15, 0.2) is 0 Å². The number of carbonyl (C=O) groups is 2. The zero-order valence-corrected chi connectivity index (χ0v) is 9.34. The minimum atomic E-state index is -1.03. The highest BCUT2D eigenvalue weighted by molar-refractivity contribution is 7.14. The highest BCUT2D eigenvalue weighted by Crippen LogP contribution is 2.27. The Morgan fingerprint density at radius 1 is 1.50 bits per heavy atom. The van der Waals surface area contributed by atoms with Gasteiger partial charge < -0.3 is 10.4 Å². The van der Waals surface area contributed by atoms with E-state index in [9.17, 15) is 9.59 Å². The molecule has 5 nitrogen and oxygen atoms in total. The number of rotatable bonds is 4. The van der Waals surface area contributed by atoms with Crippen LogP contribution < -0.4 is 10.6 Å². The van der Waals surface area contributed by atoms with Crippen molar-refractivity contribution in [3.63, 3.8) is 0 Å². The van der Waals surface area contributed by atoms with Crippen molar-refractivity contribution in [2.75, 3.05) is 11.9 Å². The zero-order chi connectivity index (χ0) is 11.5. The standard InChI is InChI=1S/C10H12N2O3S/c13-9(14)7-3-4-16-8(7)12-10(15)11-5-6-1-2-6/h3-4,6H,1-2,5H2,(H,13,14)(H2,11,12,15). The molecule has 1 fully saturated rings. The van der Waals surface area contributed by atoms with E-state index >= 15 is 0 Å². The summed E-state index contributed by atoms with van der Waals surface area (Å²) in [5.41, 5.74) is 0.131. The number of hydrogen-bond donors (Lipinski definition) is 3. The number of carboxylic acids is 1. The molecule has 0 bridgehead atoms. The smallest absolute Gasteiger partial charge is 0.338 e. The summed E-state index contributed by atoms with van der Waals surface area (Å²) in [5, 5.41) is 16.1. The maximum atomic E-state index is 11.4. The molecule has 2 rings (SSSR count). The highest BCUT2D eigenvalue weighted by atomic mass is 32.1.